The summed E-state index contributed by atoms with van der Waals surface area (Å²) in [6.45, 7) is 1.79. The molecule has 3 aliphatic heterocycles. The van der Waals surface area contributed by atoms with Gasteiger partial charge in [0.25, 0.3) is 0 Å². The Bertz CT molecular complexity index is 379. The van der Waals surface area contributed by atoms with Gasteiger partial charge in [-0.25, -0.2) is 4.79 Å². The van der Waals surface area contributed by atoms with Crippen LogP contribution in [0.2, 0.25) is 0 Å². The molecule has 2 amide bonds. The molecule has 5 heteroatoms. The lowest BCUT2D eigenvalue weighted by Crippen LogP contribution is -2.53. The van der Waals surface area contributed by atoms with Crippen LogP contribution >= 0.6 is 0 Å². The summed E-state index contributed by atoms with van der Waals surface area (Å²) in [5.74, 6) is -0.444. The zero-order chi connectivity index (χ0) is 14.1. The van der Waals surface area contributed by atoms with E-state index in [-0.39, 0.29) is 30.5 Å². The van der Waals surface area contributed by atoms with Crippen molar-refractivity contribution in [3.05, 3.63) is 0 Å². The highest BCUT2D eigenvalue weighted by Crippen LogP contribution is 2.40. The smallest absolute Gasteiger partial charge is 0.320 e. The van der Waals surface area contributed by atoms with E-state index in [2.05, 4.69) is 4.90 Å². The Morgan fingerprint density at radius 2 is 1.60 bits per heavy atom. The molecule has 0 saturated carbocycles. The Morgan fingerprint density at radius 3 is 2.15 bits per heavy atom. The Kier molecular flexibility index (Phi) is 3.85. The first-order valence-electron chi connectivity index (χ1n) is 7.94. The number of carbonyl (C=O) groups excluding carboxylic acids is 1. The molecule has 2 bridgehead atoms. The summed E-state index contributed by atoms with van der Waals surface area (Å²) in [5, 5.41) is 8.95. The number of likely N-dealkylation sites (tertiary alicyclic amines) is 1. The number of urea groups is 1. The molecule has 3 aliphatic rings. The molecular weight excluding hydrogens is 256 g/mol. The Labute approximate surface area is 119 Å². The van der Waals surface area contributed by atoms with Crippen molar-refractivity contribution >= 4 is 12.0 Å². The second-order valence-electron chi connectivity index (χ2n) is 6.56. The number of aliphatic carboxylic acids is 1. The summed E-state index contributed by atoms with van der Waals surface area (Å²) < 4.78 is 0. The molecule has 3 fully saturated rings. The lowest BCUT2D eigenvalue weighted by Gasteiger charge is -2.42. The van der Waals surface area contributed by atoms with E-state index in [4.69, 9.17) is 5.11 Å². The topological polar surface area (TPSA) is 60.9 Å². The third-order valence-corrected chi connectivity index (χ3v) is 5.14. The molecule has 112 valence electrons. The molecule has 3 saturated heterocycles. The van der Waals surface area contributed by atoms with Gasteiger partial charge in [0.15, 0.2) is 0 Å². The Hall–Kier alpha value is -1.26. The van der Waals surface area contributed by atoms with Crippen LogP contribution < -0.4 is 0 Å². The normalized spacial score (nSPS) is 33.3. The van der Waals surface area contributed by atoms with Gasteiger partial charge in [0.1, 0.15) is 0 Å². The second kappa shape index (κ2) is 5.62. The lowest BCUT2D eigenvalue weighted by atomic mass is 9.88. The van der Waals surface area contributed by atoms with Crippen molar-refractivity contribution in [1.29, 1.82) is 0 Å². The molecule has 2 atom stereocenters. The van der Waals surface area contributed by atoms with Gasteiger partial charge in [0, 0.05) is 31.6 Å². The first-order valence-corrected chi connectivity index (χ1v) is 7.94. The number of fused-ring (bicyclic) bond motifs is 2. The van der Waals surface area contributed by atoms with E-state index in [9.17, 15) is 9.59 Å². The van der Waals surface area contributed by atoms with Crippen LogP contribution in [0.5, 0.6) is 0 Å². The third-order valence-electron chi connectivity index (χ3n) is 5.14. The van der Waals surface area contributed by atoms with Crippen LogP contribution in [0, 0.1) is 5.92 Å². The number of amides is 2. The van der Waals surface area contributed by atoms with Crippen molar-refractivity contribution in [2.45, 2.75) is 63.5 Å². The summed E-state index contributed by atoms with van der Waals surface area (Å²) in [5.41, 5.74) is 0. The van der Waals surface area contributed by atoms with Crippen molar-refractivity contribution in [1.82, 2.24) is 9.80 Å². The van der Waals surface area contributed by atoms with Gasteiger partial charge in [-0.1, -0.05) is 0 Å². The molecule has 0 aromatic heterocycles. The fraction of sp³-hybridized carbons (Fsp3) is 0.867. The molecule has 2 unspecified atom stereocenters. The van der Waals surface area contributed by atoms with Gasteiger partial charge in [-0.05, 0) is 50.9 Å². The molecular formula is C15H24N2O3. The highest BCUT2D eigenvalue weighted by Gasteiger charge is 2.44. The Balaban J connectivity index is 1.64. The first kappa shape index (κ1) is 13.7. The minimum atomic E-state index is -0.704. The summed E-state index contributed by atoms with van der Waals surface area (Å²) in [7, 11) is 0. The lowest BCUT2D eigenvalue weighted by molar-refractivity contribution is -0.138. The maximum absolute atomic E-state index is 12.7. The summed E-state index contributed by atoms with van der Waals surface area (Å²) in [6, 6.07) is 0.783. The monoisotopic (exact) mass is 280 g/mol. The quantitative estimate of drug-likeness (QED) is 0.844. The van der Waals surface area contributed by atoms with Gasteiger partial charge in [-0.2, -0.15) is 0 Å². The van der Waals surface area contributed by atoms with Gasteiger partial charge < -0.3 is 14.9 Å². The SMILES string of the molecule is O=C(O)CC1CC2CCC(C1)N2C(=O)N1CCCCC1. The van der Waals surface area contributed by atoms with Crippen molar-refractivity contribution in [3.8, 4) is 0 Å². The number of hydrogen-bond acceptors (Lipinski definition) is 2. The van der Waals surface area contributed by atoms with E-state index in [1.807, 2.05) is 4.90 Å². The zero-order valence-corrected chi connectivity index (χ0v) is 12.0. The Morgan fingerprint density at radius 1 is 1.00 bits per heavy atom. The second-order valence-corrected chi connectivity index (χ2v) is 6.56. The van der Waals surface area contributed by atoms with Gasteiger partial charge in [0.2, 0.25) is 0 Å². The molecule has 1 N–H and O–H groups in total. The van der Waals surface area contributed by atoms with Crippen molar-refractivity contribution in [3.63, 3.8) is 0 Å². The van der Waals surface area contributed by atoms with Crippen molar-refractivity contribution in [2.75, 3.05) is 13.1 Å². The maximum atomic E-state index is 12.7. The number of carboxylic acid groups (broad SMARTS) is 1. The molecule has 0 spiro atoms. The van der Waals surface area contributed by atoms with Crippen LogP contribution in [0.3, 0.4) is 0 Å². The number of hydrogen-bond donors (Lipinski definition) is 1. The van der Waals surface area contributed by atoms with E-state index < -0.39 is 5.97 Å². The average molecular weight is 280 g/mol. The standard InChI is InChI=1S/C15H24N2O3/c18-14(19)10-11-8-12-4-5-13(9-11)17(12)15(20)16-6-2-1-3-7-16/h11-13H,1-10H2,(H,18,19). The predicted molar refractivity (Wildman–Crippen MR) is 74.4 cm³/mol. The molecule has 3 heterocycles. The summed E-state index contributed by atoms with van der Waals surface area (Å²) in [6.07, 6.45) is 7.61. The molecule has 0 aromatic rings. The van der Waals surface area contributed by atoms with Crippen LogP contribution in [-0.2, 0) is 4.79 Å². The van der Waals surface area contributed by atoms with Crippen molar-refractivity contribution < 1.29 is 14.7 Å². The van der Waals surface area contributed by atoms with E-state index in [0.717, 1.165) is 51.6 Å². The maximum Gasteiger partial charge on any atom is 0.320 e. The highest BCUT2D eigenvalue weighted by atomic mass is 16.4. The van der Waals surface area contributed by atoms with Gasteiger partial charge in [-0.3, -0.25) is 4.79 Å². The van der Waals surface area contributed by atoms with Gasteiger partial charge >= 0.3 is 12.0 Å². The molecule has 20 heavy (non-hydrogen) atoms. The molecule has 0 aromatic carbocycles. The largest absolute Gasteiger partial charge is 0.481 e. The average Bonchev–Trinajstić information content (AvgIpc) is 2.70. The van der Waals surface area contributed by atoms with Crippen molar-refractivity contribution in [2.24, 2.45) is 5.92 Å². The van der Waals surface area contributed by atoms with Crippen LogP contribution in [0.1, 0.15) is 51.4 Å². The highest BCUT2D eigenvalue weighted by molar-refractivity contribution is 5.76. The minimum absolute atomic E-state index is 0.214. The fourth-order valence-corrected chi connectivity index (χ4v) is 4.26. The van der Waals surface area contributed by atoms with E-state index in [1.165, 1.54) is 6.42 Å². The van der Waals surface area contributed by atoms with Crippen LogP contribution in [-0.4, -0.2) is 52.1 Å². The summed E-state index contributed by atoms with van der Waals surface area (Å²) >= 11 is 0. The van der Waals surface area contributed by atoms with E-state index >= 15 is 0 Å². The van der Waals surface area contributed by atoms with Crippen LogP contribution in [0.4, 0.5) is 4.79 Å². The van der Waals surface area contributed by atoms with E-state index in [1.54, 1.807) is 0 Å². The van der Waals surface area contributed by atoms with Crippen LogP contribution in [0.15, 0.2) is 0 Å². The molecule has 3 rings (SSSR count). The first-order chi connectivity index (χ1) is 9.65. The van der Waals surface area contributed by atoms with Gasteiger partial charge in [-0.15, -0.1) is 0 Å². The molecule has 0 radical (unpaired) electrons. The predicted octanol–water partition coefficient (Wildman–Crippen LogP) is 2.31. The summed E-state index contributed by atoms with van der Waals surface area (Å²) in [4.78, 5) is 27.6. The number of nitrogens with zero attached hydrogens (tertiary/aromatic N) is 2. The van der Waals surface area contributed by atoms with Crippen LogP contribution in [0.25, 0.3) is 0 Å². The number of piperidine rings is 2. The van der Waals surface area contributed by atoms with E-state index in [0.29, 0.717) is 0 Å². The number of carbonyl (C=O) groups is 2. The zero-order valence-electron chi connectivity index (χ0n) is 12.0. The van der Waals surface area contributed by atoms with Gasteiger partial charge in [0.05, 0.1) is 0 Å². The molecule has 5 nitrogen and oxygen atoms in total. The number of rotatable bonds is 2. The fourth-order valence-electron chi connectivity index (χ4n) is 4.26. The number of carboxylic acids is 1. The molecule has 0 aliphatic carbocycles. The minimum Gasteiger partial charge on any atom is -0.481 e. The third kappa shape index (κ3) is 2.63.